The van der Waals surface area contributed by atoms with Crippen LogP contribution in [0.15, 0.2) is 12.7 Å². The lowest BCUT2D eigenvalue weighted by Gasteiger charge is -2.23. The Balaban J connectivity index is 0. The molecule has 0 heterocycles. The van der Waals surface area contributed by atoms with Crippen LogP contribution < -0.4 is 5.11 Å². The minimum absolute atomic E-state index is 0.722. The SMILES string of the molecule is C=CC(=O)[O-].CCCC[N+](C)(C)C. The highest BCUT2D eigenvalue weighted by molar-refractivity contribution is 5.76. The van der Waals surface area contributed by atoms with Crippen LogP contribution in [0, 0.1) is 0 Å². The summed E-state index contributed by atoms with van der Waals surface area (Å²) in [6.07, 6.45) is 3.39. The lowest BCUT2D eigenvalue weighted by molar-refractivity contribution is -0.870. The number of hydrogen-bond donors (Lipinski definition) is 0. The molecule has 0 unspecified atom stereocenters. The van der Waals surface area contributed by atoms with Gasteiger partial charge in [0.2, 0.25) is 0 Å². The lowest BCUT2D eigenvalue weighted by atomic mass is 10.3. The van der Waals surface area contributed by atoms with Crippen molar-refractivity contribution in [1.29, 1.82) is 0 Å². The van der Waals surface area contributed by atoms with Crippen LogP contribution in [0.1, 0.15) is 19.8 Å². The average molecular weight is 187 g/mol. The van der Waals surface area contributed by atoms with Gasteiger partial charge in [-0.25, -0.2) is 0 Å². The van der Waals surface area contributed by atoms with Crippen LogP contribution in [-0.2, 0) is 4.79 Å². The molecule has 0 saturated carbocycles. The zero-order valence-electron chi connectivity index (χ0n) is 9.17. The van der Waals surface area contributed by atoms with E-state index in [0.29, 0.717) is 0 Å². The topological polar surface area (TPSA) is 40.1 Å². The molecule has 0 aliphatic heterocycles. The van der Waals surface area contributed by atoms with Crippen LogP contribution in [-0.4, -0.2) is 38.1 Å². The van der Waals surface area contributed by atoms with E-state index in [4.69, 9.17) is 9.90 Å². The Morgan fingerprint density at radius 1 is 1.46 bits per heavy atom. The summed E-state index contributed by atoms with van der Waals surface area (Å²) in [6, 6.07) is 0. The van der Waals surface area contributed by atoms with E-state index in [-0.39, 0.29) is 0 Å². The average Bonchev–Trinajstić information content (AvgIpc) is 2.00. The van der Waals surface area contributed by atoms with Gasteiger partial charge in [-0.2, -0.15) is 0 Å². The van der Waals surface area contributed by atoms with Crippen LogP contribution in [0.4, 0.5) is 0 Å². The number of quaternary nitrogens is 1. The van der Waals surface area contributed by atoms with Crippen LogP contribution in [0.3, 0.4) is 0 Å². The van der Waals surface area contributed by atoms with E-state index in [1.165, 1.54) is 19.4 Å². The molecule has 0 N–H and O–H groups in total. The molecule has 0 rings (SSSR count). The second-order valence-electron chi connectivity index (χ2n) is 3.89. The summed E-state index contributed by atoms with van der Waals surface area (Å²) in [7, 11) is 6.70. The quantitative estimate of drug-likeness (QED) is 0.472. The van der Waals surface area contributed by atoms with Crippen molar-refractivity contribution in [2.24, 2.45) is 0 Å². The summed E-state index contributed by atoms with van der Waals surface area (Å²) in [5.41, 5.74) is 0. The zero-order valence-corrected chi connectivity index (χ0v) is 9.17. The fourth-order valence-corrected chi connectivity index (χ4v) is 0.632. The number of carbonyl (C=O) groups excluding carboxylic acids is 1. The Morgan fingerprint density at radius 2 is 1.85 bits per heavy atom. The molecule has 13 heavy (non-hydrogen) atoms. The normalized spacial score (nSPS) is 9.85. The molecule has 0 aliphatic rings. The van der Waals surface area contributed by atoms with Gasteiger partial charge in [-0.1, -0.05) is 19.9 Å². The number of unbranched alkanes of at least 4 members (excludes halogenated alkanes) is 1. The van der Waals surface area contributed by atoms with Crippen LogP contribution in [0.25, 0.3) is 0 Å². The van der Waals surface area contributed by atoms with Gasteiger partial charge >= 0.3 is 0 Å². The number of hydrogen-bond acceptors (Lipinski definition) is 2. The van der Waals surface area contributed by atoms with Crippen molar-refractivity contribution in [3.63, 3.8) is 0 Å². The maximum Gasteiger partial charge on any atom is 0.0780 e. The standard InChI is InChI=1S/C7H18N.C3H4O2/c1-5-6-7-8(2,3)4;1-2-3(4)5/h5-7H2,1-4H3;2H,1H2,(H,4,5)/q+1;/p-1. The van der Waals surface area contributed by atoms with Gasteiger partial charge in [0.15, 0.2) is 0 Å². The number of carboxylic acids is 1. The summed E-state index contributed by atoms with van der Waals surface area (Å²) in [6.45, 7) is 6.43. The number of rotatable bonds is 4. The maximum atomic E-state index is 9.14. The molecule has 0 atom stereocenters. The smallest absolute Gasteiger partial charge is 0.0780 e. The summed E-state index contributed by atoms with van der Waals surface area (Å²) >= 11 is 0. The van der Waals surface area contributed by atoms with Gasteiger partial charge in [-0.3, -0.25) is 0 Å². The summed E-state index contributed by atoms with van der Waals surface area (Å²) in [5, 5.41) is 9.14. The van der Waals surface area contributed by atoms with Gasteiger partial charge in [-0.05, 0) is 12.5 Å². The van der Waals surface area contributed by atoms with Crippen molar-refractivity contribution in [3.05, 3.63) is 12.7 Å². The number of carbonyl (C=O) groups is 1. The summed E-state index contributed by atoms with van der Waals surface area (Å²) in [4.78, 5) is 9.14. The minimum atomic E-state index is -1.23. The van der Waals surface area contributed by atoms with E-state index in [0.717, 1.165) is 10.6 Å². The van der Waals surface area contributed by atoms with E-state index >= 15 is 0 Å². The van der Waals surface area contributed by atoms with Crippen molar-refractivity contribution in [2.45, 2.75) is 19.8 Å². The zero-order chi connectivity index (χ0) is 10.9. The molecular formula is C10H21NO2. The fourth-order valence-electron chi connectivity index (χ4n) is 0.632. The fraction of sp³-hybridized carbons (Fsp3) is 0.700. The van der Waals surface area contributed by atoms with E-state index < -0.39 is 5.97 Å². The third kappa shape index (κ3) is 24.7. The second kappa shape index (κ2) is 7.80. The van der Waals surface area contributed by atoms with Crippen molar-refractivity contribution >= 4 is 5.97 Å². The molecule has 0 aromatic rings. The molecule has 0 bridgehead atoms. The molecule has 0 spiro atoms. The van der Waals surface area contributed by atoms with Gasteiger partial charge in [-0.15, -0.1) is 0 Å². The largest absolute Gasteiger partial charge is 0.545 e. The van der Waals surface area contributed by atoms with Gasteiger partial charge in [0.1, 0.15) is 0 Å². The Morgan fingerprint density at radius 3 is 1.92 bits per heavy atom. The molecule has 0 fully saturated rings. The molecule has 3 heteroatoms. The maximum absolute atomic E-state index is 9.14. The second-order valence-corrected chi connectivity index (χ2v) is 3.89. The number of aliphatic carboxylic acids is 1. The van der Waals surface area contributed by atoms with Gasteiger partial charge < -0.3 is 14.4 Å². The predicted octanol–water partition coefficient (Wildman–Crippen LogP) is 0.415. The summed E-state index contributed by atoms with van der Waals surface area (Å²) in [5.74, 6) is -1.23. The first-order valence-corrected chi connectivity index (χ1v) is 4.47. The van der Waals surface area contributed by atoms with Gasteiger partial charge in [0, 0.05) is 0 Å². The van der Waals surface area contributed by atoms with Gasteiger partial charge in [0.05, 0.1) is 33.7 Å². The van der Waals surface area contributed by atoms with E-state index in [9.17, 15) is 0 Å². The molecule has 0 saturated heterocycles. The molecule has 78 valence electrons. The predicted molar refractivity (Wildman–Crippen MR) is 53.0 cm³/mol. The molecule has 0 amide bonds. The minimum Gasteiger partial charge on any atom is -0.545 e. The van der Waals surface area contributed by atoms with Crippen molar-refractivity contribution in [3.8, 4) is 0 Å². The first kappa shape index (κ1) is 14.7. The van der Waals surface area contributed by atoms with Crippen molar-refractivity contribution < 1.29 is 14.4 Å². The lowest BCUT2D eigenvalue weighted by Crippen LogP contribution is -2.35. The van der Waals surface area contributed by atoms with Crippen molar-refractivity contribution in [1.82, 2.24) is 0 Å². The van der Waals surface area contributed by atoms with Crippen LogP contribution in [0.2, 0.25) is 0 Å². The summed E-state index contributed by atoms with van der Waals surface area (Å²) < 4.78 is 1.10. The first-order valence-electron chi connectivity index (χ1n) is 4.47. The molecule has 3 nitrogen and oxygen atoms in total. The van der Waals surface area contributed by atoms with E-state index in [1.807, 2.05) is 0 Å². The first-order chi connectivity index (χ1) is 5.83. The highest BCUT2D eigenvalue weighted by Crippen LogP contribution is 1.95. The number of carboxylic acid groups (broad SMARTS) is 1. The number of nitrogens with zero attached hydrogens (tertiary/aromatic N) is 1. The van der Waals surface area contributed by atoms with Crippen LogP contribution >= 0.6 is 0 Å². The van der Waals surface area contributed by atoms with Crippen LogP contribution in [0.5, 0.6) is 0 Å². The molecule has 0 aromatic heterocycles. The Bertz CT molecular complexity index is 147. The van der Waals surface area contributed by atoms with Crippen molar-refractivity contribution in [2.75, 3.05) is 27.7 Å². The van der Waals surface area contributed by atoms with E-state index in [2.05, 4.69) is 34.6 Å². The Hall–Kier alpha value is -0.830. The van der Waals surface area contributed by atoms with E-state index in [1.54, 1.807) is 0 Å². The monoisotopic (exact) mass is 187 g/mol. The van der Waals surface area contributed by atoms with Gasteiger partial charge in [0.25, 0.3) is 0 Å². The highest BCUT2D eigenvalue weighted by atomic mass is 16.4. The molecule has 0 radical (unpaired) electrons. The molecule has 0 aromatic carbocycles. The molecule has 0 aliphatic carbocycles. The third-order valence-corrected chi connectivity index (χ3v) is 1.35. The highest BCUT2D eigenvalue weighted by Gasteiger charge is 2.02. The third-order valence-electron chi connectivity index (χ3n) is 1.35. The Labute approximate surface area is 81.3 Å². The Kier molecular flexibility index (Phi) is 8.81. The molecular weight excluding hydrogens is 166 g/mol.